The van der Waals surface area contributed by atoms with Gasteiger partial charge in [0.2, 0.25) is 0 Å². The van der Waals surface area contributed by atoms with Crippen molar-refractivity contribution >= 4 is 18.0 Å². The molecule has 30 heavy (non-hydrogen) atoms. The molecule has 0 aromatic heterocycles. The van der Waals surface area contributed by atoms with E-state index in [0.29, 0.717) is 6.42 Å². The van der Waals surface area contributed by atoms with Gasteiger partial charge in [-0.25, -0.2) is 4.79 Å². The van der Waals surface area contributed by atoms with E-state index in [0.717, 1.165) is 0 Å². The lowest BCUT2D eigenvalue weighted by atomic mass is 9.77. The maximum Gasteiger partial charge on any atom is 0.405 e. The Morgan fingerprint density at radius 3 is 1.90 bits per heavy atom. The van der Waals surface area contributed by atoms with Crippen molar-refractivity contribution < 1.29 is 33.7 Å². The molecule has 0 aliphatic rings. The van der Waals surface area contributed by atoms with Gasteiger partial charge in [-0.2, -0.15) is 0 Å². The summed E-state index contributed by atoms with van der Waals surface area (Å²) in [6.45, 7) is 15.6. The zero-order chi connectivity index (χ0) is 23.9. The highest BCUT2D eigenvalue weighted by atomic mass is 16.6. The summed E-state index contributed by atoms with van der Waals surface area (Å²) in [5, 5.41) is 10.1. The zero-order valence-electron chi connectivity index (χ0n) is 20.0. The second-order valence-corrected chi connectivity index (χ2v) is 9.76. The third kappa shape index (κ3) is 8.50. The zero-order valence-corrected chi connectivity index (χ0v) is 20.0. The molecule has 8 heteroatoms. The number of carbonyl (C=O) groups excluding carboxylic acids is 3. The van der Waals surface area contributed by atoms with Gasteiger partial charge in [0.1, 0.15) is 11.2 Å². The first-order valence-corrected chi connectivity index (χ1v) is 10.5. The monoisotopic (exact) mass is 431 g/mol. The van der Waals surface area contributed by atoms with Gasteiger partial charge in [-0.05, 0) is 53.4 Å². The van der Waals surface area contributed by atoms with E-state index < -0.39 is 34.6 Å². The molecule has 0 aliphatic carbocycles. The Morgan fingerprint density at radius 2 is 1.50 bits per heavy atom. The van der Waals surface area contributed by atoms with E-state index in [-0.39, 0.29) is 37.4 Å². The van der Waals surface area contributed by atoms with E-state index in [1.807, 2.05) is 27.7 Å². The number of carbonyl (C=O) groups is 3. The normalized spacial score (nSPS) is 16.4. The Morgan fingerprint density at radius 1 is 0.967 bits per heavy atom. The predicted octanol–water partition coefficient (Wildman–Crippen LogP) is 3.43. The number of rotatable bonds is 12. The van der Waals surface area contributed by atoms with Crippen molar-refractivity contribution in [2.75, 3.05) is 13.2 Å². The van der Waals surface area contributed by atoms with E-state index in [2.05, 4.69) is 0 Å². The highest BCUT2D eigenvalue weighted by molar-refractivity contribution is 5.75. The van der Waals surface area contributed by atoms with Gasteiger partial charge in [-0.3, -0.25) is 9.59 Å². The molecule has 3 atom stereocenters. The molecule has 0 saturated heterocycles. The summed E-state index contributed by atoms with van der Waals surface area (Å²) in [4.78, 5) is 36.0. The van der Waals surface area contributed by atoms with Crippen LogP contribution in [0.15, 0.2) is 0 Å². The highest BCUT2D eigenvalue weighted by Crippen LogP contribution is 2.36. The molecule has 0 aliphatic heterocycles. The van der Waals surface area contributed by atoms with Crippen LogP contribution >= 0.6 is 0 Å². The fraction of sp³-hybridized carbons (Fsp3) is 0.864. The number of aliphatic hydroxyl groups excluding tert-OH is 1. The van der Waals surface area contributed by atoms with E-state index in [1.54, 1.807) is 34.6 Å². The molecule has 0 radical (unpaired) electrons. The second kappa shape index (κ2) is 11.0. The number of hydrogen-bond donors (Lipinski definition) is 2. The van der Waals surface area contributed by atoms with Crippen LogP contribution in [0, 0.1) is 23.2 Å². The number of aliphatic hydroxyl groups is 1. The molecule has 0 rings (SSSR count). The molecule has 8 nitrogen and oxygen atoms in total. The minimum Gasteiger partial charge on any atom is -0.465 e. The number of amides is 1. The van der Waals surface area contributed by atoms with E-state index in [1.165, 1.54) is 0 Å². The van der Waals surface area contributed by atoms with Gasteiger partial charge < -0.3 is 25.1 Å². The molecule has 0 fully saturated rings. The van der Waals surface area contributed by atoms with Crippen molar-refractivity contribution in [1.82, 2.24) is 0 Å². The Hall–Kier alpha value is -1.83. The third-order valence-corrected chi connectivity index (χ3v) is 5.92. The number of esters is 2. The van der Waals surface area contributed by atoms with Crippen LogP contribution < -0.4 is 5.73 Å². The van der Waals surface area contributed by atoms with Crippen LogP contribution in [-0.2, 0) is 23.8 Å². The van der Waals surface area contributed by atoms with Crippen LogP contribution in [0.25, 0.3) is 0 Å². The average Bonchev–Trinajstić information content (AvgIpc) is 2.61. The second-order valence-electron chi connectivity index (χ2n) is 9.76. The molecular weight excluding hydrogens is 390 g/mol. The number of nitrogens with two attached hydrogens (primary N) is 1. The fourth-order valence-corrected chi connectivity index (χ4v) is 3.05. The minimum atomic E-state index is -1.14. The molecule has 0 aromatic rings. The molecule has 3 N–H and O–H groups in total. The van der Waals surface area contributed by atoms with Crippen molar-refractivity contribution in [3.63, 3.8) is 0 Å². The molecule has 176 valence electrons. The molecular formula is C22H41NO7. The lowest BCUT2D eigenvalue weighted by Gasteiger charge is -2.39. The molecule has 0 heterocycles. The summed E-state index contributed by atoms with van der Waals surface area (Å²) in [5.74, 6) is -1.74. The summed E-state index contributed by atoms with van der Waals surface area (Å²) in [5.41, 5.74) is 2.23. The summed E-state index contributed by atoms with van der Waals surface area (Å²) in [6.07, 6.45) is -0.160. The van der Waals surface area contributed by atoms with Crippen molar-refractivity contribution in [2.24, 2.45) is 28.9 Å². The lowest BCUT2D eigenvalue weighted by Crippen LogP contribution is -2.46. The van der Waals surface area contributed by atoms with Gasteiger partial charge >= 0.3 is 18.0 Å². The average molecular weight is 432 g/mol. The van der Waals surface area contributed by atoms with Crippen molar-refractivity contribution in [1.29, 1.82) is 0 Å². The van der Waals surface area contributed by atoms with Crippen LogP contribution in [0.4, 0.5) is 4.79 Å². The summed E-state index contributed by atoms with van der Waals surface area (Å²) >= 11 is 0. The minimum absolute atomic E-state index is 0.0305. The number of primary amides is 1. The molecule has 0 bridgehead atoms. The van der Waals surface area contributed by atoms with Crippen molar-refractivity contribution in [3.05, 3.63) is 0 Å². The van der Waals surface area contributed by atoms with Crippen LogP contribution in [0.2, 0.25) is 0 Å². The van der Waals surface area contributed by atoms with Crippen LogP contribution in [0.5, 0.6) is 0 Å². The van der Waals surface area contributed by atoms with E-state index in [9.17, 15) is 19.5 Å². The first-order valence-electron chi connectivity index (χ1n) is 10.5. The van der Waals surface area contributed by atoms with Crippen molar-refractivity contribution in [3.8, 4) is 0 Å². The standard InChI is InChI=1S/C22H41NO7/c1-10-22(12-24,13-28-17(25)15(4)14(2)3)11-20(6,7)29-18(26)16(5)21(8,9)30-19(23)27/h14-16,24H,10-13H2,1-9H3,(H2,23,27). The van der Waals surface area contributed by atoms with Gasteiger partial charge in [-0.1, -0.05) is 27.7 Å². The summed E-state index contributed by atoms with van der Waals surface area (Å²) < 4.78 is 16.2. The van der Waals surface area contributed by atoms with Gasteiger partial charge in [0.05, 0.1) is 25.0 Å². The lowest BCUT2D eigenvalue weighted by molar-refractivity contribution is -0.175. The van der Waals surface area contributed by atoms with Gasteiger partial charge in [-0.15, -0.1) is 0 Å². The molecule has 3 unspecified atom stereocenters. The van der Waals surface area contributed by atoms with E-state index >= 15 is 0 Å². The maximum atomic E-state index is 12.7. The molecule has 0 aromatic carbocycles. The van der Waals surface area contributed by atoms with Crippen LogP contribution in [0.3, 0.4) is 0 Å². The van der Waals surface area contributed by atoms with Gasteiger partial charge in [0.15, 0.2) is 0 Å². The van der Waals surface area contributed by atoms with E-state index in [4.69, 9.17) is 19.9 Å². The largest absolute Gasteiger partial charge is 0.465 e. The number of ether oxygens (including phenoxy) is 3. The molecule has 0 saturated carbocycles. The SMILES string of the molecule is CCC(CO)(COC(=O)C(C)C(C)C)CC(C)(C)OC(=O)C(C)C(C)(C)OC(N)=O. The third-order valence-electron chi connectivity index (χ3n) is 5.92. The highest BCUT2D eigenvalue weighted by Gasteiger charge is 2.42. The topological polar surface area (TPSA) is 125 Å². The first kappa shape index (κ1) is 28.2. The fourth-order valence-electron chi connectivity index (χ4n) is 3.05. The quantitative estimate of drug-likeness (QED) is 0.358. The molecule has 0 spiro atoms. The first-order chi connectivity index (χ1) is 13.5. The Bertz CT molecular complexity index is 594. The van der Waals surface area contributed by atoms with Gasteiger partial charge in [0.25, 0.3) is 0 Å². The van der Waals surface area contributed by atoms with Crippen molar-refractivity contribution in [2.45, 2.75) is 86.4 Å². The molecule has 1 amide bonds. The summed E-state index contributed by atoms with van der Waals surface area (Å²) in [6, 6.07) is 0. The maximum absolute atomic E-state index is 12.7. The van der Waals surface area contributed by atoms with Gasteiger partial charge in [0, 0.05) is 5.41 Å². The Labute approximate surface area is 180 Å². The van der Waals surface area contributed by atoms with Crippen LogP contribution in [-0.4, -0.2) is 47.6 Å². The predicted molar refractivity (Wildman–Crippen MR) is 113 cm³/mol. The number of hydrogen-bond acceptors (Lipinski definition) is 7. The van der Waals surface area contributed by atoms with Crippen LogP contribution in [0.1, 0.15) is 75.2 Å². The Balaban J connectivity index is 5.25. The Kier molecular flexibility index (Phi) is 10.3. The summed E-state index contributed by atoms with van der Waals surface area (Å²) in [7, 11) is 0. The smallest absolute Gasteiger partial charge is 0.405 e.